The molecule has 8 heteroatoms. The number of aryl methyl sites for hydroxylation is 1. The molecule has 1 aromatic carbocycles. The number of anilines is 1. The Bertz CT molecular complexity index is 805. The Morgan fingerprint density at radius 1 is 1.25 bits per heavy atom. The van der Waals surface area contributed by atoms with Crippen LogP contribution in [-0.4, -0.2) is 46.3 Å². The zero-order valence-electron chi connectivity index (χ0n) is 16.0. The molecule has 1 aromatic heterocycles. The number of imidazole rings is 1. The number of aromatic nitrogens is 2. The molecule has 3 rings (SSSR count). The third-order valence-electron chi connectivity index (χ3n) is 4.45. The summed E-state index contributed by atoms with van der Waals surface area (Å²) in [6.07, 6.45) is 7.48. The number of carbonyl (C=O) groups is 2. The smallest absolute Gasteiger partial charge is 0.354 e. The van der Waals surface area contributed by atoms with Crippen LogP contribution in [0.15, 0.2) is 54.2 Å². The normalized spacial score (nSPS) is 16.0. The fraction of sp³-hybridized carbons (Fsp3) is 0.400. The molecule has 0 aliphatic carbocycles. The third-order valence-corrected chi connectivity index (χ3v) is 4.45. The number of hydrogen-bond donors (Lipinski definition) is 1. The summed E-state index contributed by atoms with van der Waals surface area (Å²) in [4.78, 5) is 28.8. The summed E-state index contributed by atoms with van der Waals surface area (Å²) in [7, 11) is 0. The van der Waals surface area contributed by atoms with Crippen molar-refractivity contribution in [2.24, 2.45) is 5.10 Å². The van der Waals surface area contributed by atoms with Gasteiger partial charge in [-0.2, -0.15) is 5.10 Å². The SMILES string of the molecule is CCOC(=O)C1=NN(c2ccccc2)[C@H](C(=O)NCCCCn2ccnc2)C1. The van der Waals surface area contributed by atoms with Crippen molar-refractivity contribution in [2.75, 3.05) is 18.2 Å². The van der Waals surface area contributed by atoms with Crippen molar-refractivity contribution in [1.82, 2.24) is 14.9 Å². The maximum absolute atomic E-state index is 12.8. The molecular formula is C20H25N5O3. The van der Waals surface area contributed by atoms with E-state index in [1.807, 2.05) is 41.1 Å². The molecule has 1 aliphatic rings. The molecule has 148 valence electrons. The number of ether oxygens (including phenoxy) is 1. The molecule has 0 unspecified atom stereocenters. The zero-order valence-corrected chi connectivity index (χ0v) is 16.0. The monoisotopic (exact) mass is 383 g/mol. The first-order chi connectivity index (χ1) is 13.7. The molecule has 0 saturated carbocycles. The average molecular weight is 383 g/mol. The highest BCUT2D eigenvalue weighted by molar-refractivity contribution is 6.38. The van der Waals surface area contributed by atoms with E-state index in [0.29, 0.717) is 6.54 Å². The maximum atomic E-state index is 12.8. The Labute approximate surface area is 164 Å². The standard InChI is InChI=1S/C20H25N5O3/c1-2-28-20(27)17-14-18(25(23-17)16-8-4-3-5-9-16)19(26)22-10-6-7-12-24-13-11-21-15-24/h3-5,8-9,11,13,15,18H,2,6-7,10,12,14H2,1H3,(H,22,26)/t18-/m0/s1. The van der Waals surface area contributed by atoms with Crippen molar-refractivity contribution in [2.45, 2.75) is 38.8 Å². The summed E-state index contributed by atoms with van der Waals surface area (Å²) in [5.74, 6) is -0.617. The number of unbranched alkanes of at least 4 members (excludes halogenated alkanes) is 1. The highest BCUT2D eigenvalue weighted by Crippen LogP contribution is 2.25. The lowest BCUT2D eigenvalue weighted by molar-refractivity contribution is -0.135. The van der Waals surface area contributed by atoms with Crippen molar-refractivity contribution in [3.63, 3.8) is 0 Å². The Morgan fingerprint density at radius 2 is 2.07 bits per heavy atom. The Balaban J connectivity index is 1.56. The van der Waals surface area contributed by atoms with E-state index in [0.717, 1.165) is 25.1 Å². The van der Waals surface area contributed by atoms with E-state index >= 15 is 0 Å². The topological polar surface area (TPSA) is 88.8 Å². The minimum absolute atomic E-state index is 0.144. The summed E-state index contributed by atoms with van der Waals surface area (Å²) >= 11 is 0. The Kier molecular flexibility index (Phi) is 6.78. The second-order valence-electron chi connectivity index (χ2n) is 6.47. The largest absolute Gasteiger partial charge is 0.461 e. The van der Waals surface area contributed by atoms with Crippen LogP contribution < -0.4 is 10.3 Å². The van der Waals surface area contributed by atoms with Crippen LogP contribution in [0.3, 0.4) is 0 Å². The van der Waals surface area contributed by atoms with Crippen molar-refractivity contribution < 1.29 is 14.3 Å². The van der Waals surface area contributed by atoms with Crippen molar-refractivity contribution in [3.05, 3.63) is 49.1 Å². The summed E-state index contributed by atoms with van der Waals surface area (Å²) in [5.41, 5.74) is 1.04. The van der Waals surface area contributed by atoms with E-state index < -0.39 is 12.0 Å². The molecule has 1 amide bonds. The van der Waals surface area contributed by atoms with E-state index in [9.17, 15) is 9.59 Å². The molecule has 0 fully saturated rings. The zero-order chi connectivity index (χ0) is 19.8. The fourth-order valence-corrected chi connectivity index (χ4v) is 3.04. The van der Waals surface area contributed by atoms with Crippen LogP contribution in [0.1, 0.15) is 26.2 Å². The number of hydrazone groups is 1. The first-order valence-electron chi connectivity index (χ1n) is 9.51. The van der Waals surface area contributed by atoms with Gasteiger partial charge in [0.05, 0.1) is 18.6 Å². The number of rotatable bonds is 9. The van der Waals surface area contributed by atoms with E-state index in [4.69, 9.17) is 4.74 Å². The maximum Gasteiger partial charge on any atom is 0.354 e. The molecule has 0 spiro atoms. The van der Waals surface area contributed by atoms with Crippen LogP contribution in [0.4, 0.5) is 5.69 Å². The molecule has 0 saturated heterocycles. The minimum atomic E-state index is -0.560. The van der Waals surface area contributed by atoms with Gasteiger partial charge in [0.2, 0.25) is 5.91 Å². The van der Waals surface area contributed by atoms with E-state index in [1.54, 1.807) is 24.5 Å². The summed E-state index contributed by atoms with van der Waals surface area (Å²) in [5, 5.41) is 8.93. The van der Waals surface area contributed by atoms with Gasteiger partial charge >= 0.3 is 5.97 Å². The molecule has 8 nitrogen and oxygen atoms in total. The van der Waals surface area contributed by atoms with E-state index in [2.05, 4.69) is 15.4 Å². The molecule has 1 aliphatic heterocycles. The van der Waals surface area contributed by atoms with Crippen LogP contribution in [0.2, 0.25) is 0 Å². The quantitative estimate of drug-likeness (QED) is 0.528. The number of nitrogens with zero attached hydrogens (tertiary/aromatic N) is 4. The van der Waals surface area contributed by atoms with Crippen molar-refractivity contribution in [3.8, 4) is 0 Å². The van der Waals surface area contributed by atoms with Gasteiger partial charge in [-0.1, -0.05) is 18.2 Å². The number of carbonyl (C=O) groups excluding carboxylic acids is 2. The molecule has 2 heterocycles. The molecule has 0 bridgehead atoms. The predicted molar refractivity (Wildman–Crippen MR) is 106 cm³/mol. The number of hydrogen-bond acceptors (Lipinski definition) is 6. The first kappa shape index (κ1) is 19.6. The average Bonchev–Trinajstić information content (AvgIpc) is 3.38. The van der Waals surface area contributed by atoms with Gasteiger partial charge in [-0.25, -0.2) is 9.78 Å². The predicted octanol–water partition coefficient (Wildman–Crippen LogP) is 1.98. The minimum Gasteiger partial charge on any atom is -0.461 e. The van der Waals surface area contributed by atoms with Crippen LogP contribution in [0.5, 0.6) is 0 Å². The number of benzene rings is 1. The summed E-state index contributed by atoms with van der Waals surface area (Å²) in [6.45, 7) is 3.46. The number of nitrogens with one attached hydrogen (secondary N) is 1. The van der Waals surface area contributed by atoms with Crippen LogP contribution in [-0.2, 0) is 20.9 Å². The molecule has 1 atom stereocenters. The number of amides is 1. The molecule has 28 heavy (non-hydrogen) atoms. The van der Waals surface area contributed by atoms with Crippen molar-refractivity contribution in [1.29, 1.82) is 0 Å². The van der Waals surface area contributed by atoms with Gasteiger partial charge in [0, 0.05) is 31.9 Å². The molecule has 0 radical (unpaired) electrons. The number of esters is 1. The lowest BCUT2D eigenvalue weighted by Crippen LogP contribution is -2.43. The van der Waals surface area contributed by atoms with Crippen molar-refractivity contribution >= 4 is 23.3 Å². The van der Waals surface area contributed by atoms with Crippen LogP contribution >= 0.6 is 0 Å². The van der Waals surface area contributed by atoms with Crippen LogP contribution in [0.25, 0.3) is 0 Å². The second-order valence-corrected chi connectivity index (χ2v) is 6.47. The third kappa shape index (κ3) is 4.97. The van der Waals surface area contributed by atoms with Gasteiger partial charge in [0.15, 0.2) is 0 Å². The number of para-hydroxylation sites is 1. The van der Waals surface area contributed by atoms with Gasteiger partial charge in [-0.05, 0) is 31.9 Å². The Hall–Kier alpha value is -3.16. The van der Waals surface area contributed by atoms with E-state index in [1.165, 1.54) is 0 Å². The van der Waals surface area contributed by atoms with Gasteiger partial charge in [-0.3, -0.25) is 9.80 Å². The Morgan fingerprint density at radius 3 is 2.79 bits per heavy atom. The lowest BCUT2D eigenvalue weighted by Gasteiger charge is -2.22. The highest BCUT2D eigenvalue weighted by atomic mass is 16.5. The molecule has 2 aromatic rings. The summed E-state index contributed by atoms with van der Waals surface area (Å²) < 4.78 is 7.06. The van der Waals surface area contributed by atoms with Gasteiger partial charge in [0.25, 0.3) is 0 Å². The molecule has 1 N–H and O–H groups in total. The first-order valence-corrected chi connectivity index (χ1v) is 9.51. The van der Waals surface area contributed by atoms with Gasteiger partial charge < -0.3 is 14.6 Å². The summed E-state index contributed by atoms with van der Waals surface area (Å²) in [6, 6.07) is 8.81. The molecular weight excluding hydrogens is 358 g/mol. The van der Waals surface area contributed by atoms with Gasteiger partial charge in [0.1, 0.15) is 11.8 Å². The second kappa shape index (κ2) is 9.68. The van der Waals surface area contributed by atoms with Gasteiger partial charge in [-0.15, -0.1) is 0 Å². The lowest BCUT2D eigenvalue weighted by atomic mass is 10.1. The van der Waals surface area contributed by atoms with Crippen LogP contribution in [0, 0.1) is 0 Å². The fourth-order valence-electron chi connectivity index (χ4n) is 3.04. The highest BCUT2D eigenvalue weighted by Gasteiger charge is 2.36. The van der Waals surface area contributed by atoms with E-state index in [-0.39, 0.29) is 24.6 Å².